The summed E-state index contributed by atoms with van der Waals surface area (Å²) in [5.74, 6) is 0.288. The Bertz CT molecular complexity index is 1710. The van der Waals surface area contributed by atoms with Gasteiger partial charge in [-0.3, -0.25) is 0 Å². The van der Waals surface area contributed by atoms with Gasteiger partial charge < -0.3 is 10.4 Å². The molecule has 2 bridgehead atoms. The molecule has 200 valence electrons. The number of nitrogens with one attached hydrogen (secondary N) is 1. The smallest absolute Gasteiger partial charge is 0.187 e. The molecule has 0 saturated carbocycles. The van der Waals surface area contributed by atoms with Crippen molar-refractivity contribution in [3.05, 3.63) is 143 Å². The summed E-state index contributed by atoms with van der Waals surface area (Å²) in [6.07, 6.45) is 0.682. The zero-order chi connectivity index (χ0) is 28.1. The summed E-state index contributed by atoms with van der Waals surface area (Å²) >= 11 is 1.59. The van der Waals surface area contributed by atoms with E-state index in [2.05, 4.69) is 122 Å². The van der Waals surface area contributed by atoms with Crippen molar-refractivity contribution in [3.63, 3.8) is 0 Å². The van der Waals surface area contributed by atoms with E-state index in [1.807, 2.05) is 13.8 Å². The third kappa shape index (κ3) is 3.66. The highest BCUT2D eigenvalue weighted by molar-refractivity contribution is 7.14. The summed E-state index contributed by atoms with van der Waals surface area (Å²) in [4.78, 5) is 4.98. The number of fused-ring (bicyclic) bond motifs is 2. The molecular formula is C36H34N2OS. The molecular weight excluding hydrogens is 508 g/mol. The fourth-order valence-corrected chi connectivity index (χ4v) is 7.72. The number of aliphatic hydroxyl groups is 1. The van der Waals surface area contributed by atoms with Gasteiger partial charge in [-0.15, -0.1) is 11.3 Å². The van der Waals surface area contributed by atoms with Crippen LogP contribution in [-0.2, 0) is 5.41 Å². The van der Waals surface area contributed by atoms with E-state index in [4.69, 9.17) is 4.98 Å². The van der Waals surface area contributed by atoms with E-state index in [-0.39, 0.29) is 17.1 Å². The zero-order valence-electron chi connectivity index (χ0n) is 23.2. The Morgan fingerprint density at radius 3 is 2.15 bits per heavy atom. The molecule has 5 aromatic rings. The minimum atomic E-state index is -0.682. The van der Waals surface area contributed by atoms with Gasteiger partial charge in [0.25, 0.3) is 0 Å². The van der Waals surface area contributed by atoms with Crippen LogP contribution in [0.4, 0.5) is 5.13 Å². The molecule has 1 heterocycles. The van der Waals surface area contributed by atoms with Gasteiger partial charge in [0.05, 0.1) is 11.1 Å². The van der Waals surface area contributed by atoms with Gasteiger partial charge in [-0.1, -0.05) is 125 Å². The molecule has 0 saturated heterocycles. The van der Waals surface area contributed by atoms with Crippen molar-refractivity contribution >= 4 is 27.2 Å². The minimum Gasteiger partial charge on any atom is -0.512 e. The summed E-state index contributed by atoms with van der Waals surface area (Å²) in [5, 5.41) is 20.1. The Morgan fingerprint density at radius 1 is 0.875 bits per heavy atom. The van der Waals surface area contributed by atoms with Crippen LogP contribution in [0.15, 0.2) is 121 Å². The molecule has 8 rings (SSSR count). The molecule has 0 spiro atoms. The van der Waals surface area contributed by atoms with E-state index in [1.165, 1.54) is 21.9 Å². The molecule has 4 heteroatoms. The Balaban J connectivity index is 0.00000142. The van der Waals surface area contributed by atoms with Gasteiger partial charge in [-0.2, -0.15) is 0 Å². The van der Waals surface area contributed by atoms with Crippen molar-refractivity contribution in [2.45, 2.75) is 38.5 Å². The summed E-state index contributed by atoms with van der Waals surface area (Å²) < 4.78 is 0. The van der Waals surface area contributed by atoms with Gasteiger partial charge in [-0.05, 0) is 39.4 Å². The van der Waals surface area contributed by atoms with Crippen LogP contribution >= 0.6 is 11.3 Å². The second-order valence-corrected chi connectivity index (χ2v) is 11.6. The van der Waals surface area contributed by atoms with Gasteiger partial charge >= 0.3 is 0 Å². The van der Waals surface area contributed by atoms with Crippen molar-refractivity contribution in [1.82, 2.24) is 4.98 Å². The Labute approximate surface area is 240 Å². The second kappa shape index (κ2) is 9.79. The zero-order valence-corrected chi connectivity index (χ0v) is 24.1. The largest absolute Gasteiger partial charge is 0.512 e. The average Bonchev–Trinajstić information content (AvgIpc) is 3.46. The van der Waals surface area contributed by atoms with Crippen molar-refractivity contribution < 1.29 is 5.11 Å². The van der Waals surface area contributed by atoms with E-state index in [0.717, 1.165) is 33.2 Å². The fraction of sp³-hybridized carbons (Fsp3) is 0.194. The van der Waals surface area contributed by atoms with Crippen LogP contribution in [0.5, 0.6) is 0 Å². The summed E-state index contributed by atoms with van der Waals surface area (Å²) in [6, 6.07) is 31.7. The van der Waals surface area contributed by atoms with Crippen LogP contribution < -0.4 is 5.32 Å². The maximum absolute atomic E-state index is 11.2. The van der Waals surface area contributed by atoms with Crippen molar-refractivity contribution in [2.75, 3.05) is 5.32 Å². The number of hydrogen-bond acceptors (Lipinski definition) is 4. The molecule has 1 unspecified atom stereocenters. The first-order valence-electron chi connectivity index (χ1n) is 13.9. The highest BCUT2D eigenvalue weighted by Gasteiger charge is 2.60. The highest BCUT2D eigenvalue weighted by Crippen LogP contribution is 2.67. The molecule has 0 fully saturated rings. The molecule has 2 N–H and O–H groups in total. The molecule has 4 aromatic carbocycles. The van der Waals surface area contributed by atoms with Crippen LogP contribution in [0.3, 0.4) is 0 Å². The lowest BCUT2D eigenvalue weighted by Crippen LogP contribution is -2.51. The lowest BCUT2D eigenvalue weighted by atomic mass is 9.45. The second-order valence-electron chi connectivity index (χ2n) is 10.7. The Morgan fingerprint density at radius 2 is 1.48 bits per heavy atom. The number of aliphatic hydroxyl groups excluding tert-OH is 1. The van der Waals surface area contributed by atoms with Crippen LogP contribution in [0.2, 0.25) is 0 Å². The van der Waals surface area contributed by atoms with Gasteiger partial charge in [0.1, 0.15) is 5.76 Å². The maximum Gasteiger partial charge on any atom is 0.187 e. The Hall–Kier alpha value is -4.15. The normalized spacial score (nSPS) is 22.0. The molecule has 3 nitrogen and oxygen atoms in total. The molecule has 0 amide bonds. The number of hydrogen-bond donors (Lipinski definition) is 2. The number of benzene rings is 4. The average molecular weight is 543 g/mol. The van der Waals surface area contributed by atoms with E-state index >= 15 is 0 Å². The standard InChI is InChI=1S/C34H28N2OS.C2H6/c1-21(35-32-36-30(19-38-32)25-16-10-12-23-11-4-5-13-24(23)25)33(3)20-34(22(2)37)28-17-8-6-14-26(28)31(33)27-15-7-9-18-29(27)34;1-2/h4-19,31,37H,1-2,20H2,3H3,(H,35,36);1-2H3. The SMILES string of the molecule is C=C(O)C12CC(C)(C(=C)Nc3nc(-c4cccc5ccccc45)cs3)C(c3ccccc31)c1ccccc12.CC. The summed E-state index contributed by atoms with van der Waals surface area (Å²) in [7, 11) is 0. The number of aromatic nitrogens is 1. The predicted octanol–water partition coefficient (Wildman–Crippen LogP) is 9.83. The lowest BCUT2D eigenvalue weighted by Gasteiger charge is -2.58. The fourth-order valence-electron chi connectivity index (χ4n) is 6.99. The van der Waals surface area contributed by atoms with Crippen LogP contribution in [0.25, 0.3) is 22.0 Å². The molecule has 0 radical (unpaired) electrons. The van der Waals surface area contributed by atoms with Gasteiger partial charge in [0, 0.05) is 28.0 Å². The van der Waals surface area contributed by atoms with Gasteiger partial charge in [0.15, 0.2) is 5.13 Å². The molecule has 0 aliphatic heterocycles. The van der Waals surface area contributed by atoms with Crippen molar-refractivity contribution in [2.24, 2.45) is 5.41 Å². The lowest BCUT2D eigenvalue weighted by molar-refractivity contribution is 0.180. The quantitative estimate of drug-likeness (QED) is 0.217. The molecule has 3 aliphatic rings. The first-order chi connectivity index (χ1) is 19.4. The number of thiazole rings is 1. The minimum absolute atomic E-state index is 0.105. The molecule has 40 heavy (non-hydrogen) atoms. The highest BCUT2D eigenvalue weighted by atomic mass is 32.1. The Kier molecular flexibility index (Phi) is 6.39. The molecule has 1 atom stereocenters. The van der Waals surface area contributed by atoms with Crippen molar-refractivity contribution in [3.8, 4) is 11.3 Å². The summed E-state index contributed by atoms with van der Waals surface area (Å²) in [6.45, 7) is 14.9. The third-order valence-corrected chi connectivity index (χ3v) is 9.50. The topological polar surface area (TPSA) is 45.1 Å². The van der Waals surface area contributed by atoms with Crippen molar-refractivity contribution in [1.29, 1.82) is 0 Å². The number of rotatable bonds is 5. The monoisotopic (exact) mass is 542 g/mol. The molecule has 3 aliphatic carbocycles. The van der Waals surface area contributed by atoms with E-state index in [9.17, 15) is 5.11 Å². The van der Waals surface area contributed by atoms with Gasteiger partial charge in [0.2, 0.25) is 0 Å². The van der Waals surface area contributed by atoms with E-state index < -0.39 is 5.41 Å². The van der Waals surface area contributed by atoms with Crippen LogP contribution in [0.1, 0.15) is 55.4 Å². The summed E-state index contributed by atoms with van der Waals surface area (Å²) in [5.41, 5.74) is 6.67. The van der Waals surface area contributed by atoms with Gasteiger partial charge in [-0.25, -0.2) is 4.98 Å². The van der Waals surface area contributed by atoms with Crippen LogP contribution in [0, 0.1) is 5.41 Å². The van der Waals surface area contributed by atoms with E-state index in [0.29, 0.717) is 6.42 Å². The number of nitrogens with zero attached hydrogens (tertiary/aromatic N) is 1. The maximum atomic E-state index is 11.2. The first kappa shape index (κ1) is 26.1. The molecule has 1 aromatic heterocycles. The third-order valence-electron chi connectivity index (χ3n) is 8.74. The predicted molar refractivity (Wildman–Crippen MR) is 169 cm³/mol. The first-order valence-corrected chi connectivity index (χ1v) is 14.8. The number of anilines is 1. The number of allylic oxidation sites excluding steroid dienone is 2. The van der Waals surface area contributed by atoms with E-state index in [1.54, 1.807) is 11.3 Å². The van der Waals surface area contributed by atoms with Crippen LogP contribution in [-0.4, -0.2) is 10.1 Å².